The Balaban J connectivity index is 2.11. The van der Waals surface area contributed by atoms with Crippen LogP contribution in [0.25, 0.3) is 0 Å². The normalized spacial score (nSPS) is 10.5. The average molecular weight is 355 g/mol. The van der Waals surface area contributed by atoms with Gasteiger partial charge in [-0.05, 0) is 37.5 Å². The maximum Gasteiger partial charge on any atom is 0.270 e. The van der Waals surface area contributed by atoms with Gasteiger partial charge in [-0.2, -0.15) is 0 Å². The van der Waals surface area contributed by atoms with Gasteiger partial charge < -0.3 is 16.0 Å². The molecular weight excluding hydrogens is 330 g/mol. The number of nitrogens with one attached hydrogen (secondary N) is 3. The summed E-state index contributed by atoms with van der Waals surface area (Å²) in [6, 6.07) is 8.88. The number of carbonyl (C=O) groups is 2. The first-order chi connectivity index (χ1) is 12.3. The Hall–Kier alpha value is -2.96. The van der Waals surface area contributed by atoms with E-state index in [0.29, 0.717) is 35.5 Å². The fourth-order valence-corrected chi connectivity index (χ4v) is 2.34. The first kappa shape index (κ1) is 19.4. The minimum Gasteiger partial charge on any atom is -0.351 e. The number of hydrogen-bond acceptors (Lipinski definition) is 5. The van der Waals surface area contributed by atoms with E-state index >= 15 is 0 Å². The summed E-state index contributed by atoms with van der Waals surface area (Å²) in [6.07, 6.45) is 0.914. The molecular formula is C19H25N5O2. The quantitative estimate of drug-likeness (QED) is 0.708. The summed E-state index contributed by atoms with van der Waals surface area (Å²) >= 11 is 0. The zero-order valence-corrected chi connectivity index (χ0v) is 15.6. The lowest BCUT2D eigenvalue weighted by Crippen LogP contribution is -2.26. The fraction of sp³-hybridized carbons (Fsp3) is 0.368. The molecule has 138 valence electrons. The molecule has 1 heterocycles. The third-order valence-corrected chi connectivity index (χ3v) is 3.53. The molecule has 3 N–H and O–H groups in total. The van der Waals surface area contributed by atoms with Gasteiger partial charge >= 0.3 is 0 Å². The number of anilines is 3. The van der Waals surface area contributed by atoms with Crippen LogP contribution in [0.2, 0.25) is 0 Å². The second-order valence-electron chi connectivity index (χ2n) is 6.51. The van der Waals surface area contributed by atoms with E-state index in [1.807, 2.05) is 12.1 Å². The highest BCUT2D eigenvalue weighted by Gasteiger charge is 2.11. The van der Waals surface area contributed by atoms with Crippen molar-refractivity contribution < 1.29 is 9.59 Å². The molecule has 7 nitrogen and oxygen atoms in total. The van der Waals surface area contributed by atoms with Crippen molar-refractivity contribution in [3.8, 4) is 0 Å². The van der Waals surface area contributed by atoms with Gasteiger partial charge in [0.25, 0.3) is 5.91 Å². The molecule has 0 unspecified atom stereocenters. The van der Waals surface area contributed by atoms with Crippen LogP contribution >= 0.6 is 0 Å². The van der Waals surface area contributed by atoms with Crippen molar-refractivity contribution in [2.75, 3.05) is 17.2 Å². The largest absolute Gasteiger partial charge is 0.351 e. The van der Waals surface area contributed by atoms with Gasteiger partial charge in [0.05, 0.1) is 0 Å². The highest BCUT2D eigenvalue weighted by molar-refractivity contribution is 5.93. The summed E-state index contributed by atoms with van der Waals surface area (Å²) in [5.74, 6) is 1.19. The Morgan fingerprint density at radius 2 is 1.85 bits per heavy atom. The molecule has 1 aromatic heterocycles. The summed E-state index contributed by atoms with van der Waals surface area (Å²) in [7, 11) is 0. The molecule has 7 heteroatoms. The van der Waals surface area contributed by atoms with E-state index in [1.165, 1.54) is 6.92 Å². The molecule has 0 spiro atoms. The van der Waals surface area contributed by atoms with Gasteiger partial charge in [0, 0.05) is 30.9 Å². The van der Waals surface area contributed by atoms with Crippen LogP contribution in [0.3, 0.4) is 0 Å². The lowest BCUT2D eigenvalue weighted by atomic mass is 10.1. The Kier molecular flexibility index (Phi) is 6.66. The first-order valence-electron chi connectivity index (χ1n) is 8.62. The summed E-state index contributed by atoms with van der Waals surface area (Å²) in [5.41, 5.74) is 1.75. The van der Waals surface area contributed by atoms with Crippen LogP contribution in [0.15, 0.2) is 30.3 Å². The van der Waals surface area contributed by atoms with Crippen LogP contribution in [0, 0.1) is 12.8 Å². The second kappa shape index (κ2) is 8.94. The van der Waals surface area contributed by atoms with E-state index in [-0.39, 0.29) is 11.8 Å². The maximum atomic E-state index is 12.3. The molecule has 2 rings (SSSR count). The van der Waals surface area contributed by atoms with Crippen molar-refractivity contribution >= 4 is 29.0 Å². The molecule has 26 heavy (non-hydrogen) atoms. The molecule has 2 aromatic rings. The van der Waals surface area contributed by atoms with Crippen molar-refractivity contribution in [3.05, 3.63) is 41.9 Å². The molecule has 0 aliphatic rings. The minimum absolute atomic E-state index is 0.139. The van der Waals surface area contributed by atoms with Crippen LogP contribution in [0.4, 0.5) is 17.2 Å². The van der Waals surface area contributed by atoms with Crippen LogP contribution in [-0.2, 0) is 4.79 Å². The summed E-state index contributed by atoms with van der Waals surface area (Å²) in [6.45, 7) is 8.03. The maximum absolute atomic E-state index is 12.3. The highest BCUT2D eigenvalue weighted by Crippen LogP contribution is 2.19. The van der Waals surface area contributed by atoms with Gasteiger partial charge in [0.15, 0.2) is 0 Å². The fourth-order valence-electron chi connectivity index (χ4n) is 2.34. The van der Waals surface area contributed by atoms with Gasteiger partial charge in [-0.3, -0.25) is 9.59 Å². The number of carbonyl (C=O) groups excluding carboxylic acids is 2. The lowest BCUT2D eigenvalue weighted by molar-refractivity contribution is -0.114. The van der Waals surface area contributed by atoms with Crippen molar-refractivity contribution in [1.82, 2.24) is 15.3 Å². The Morgan fingerprint density at radius 3 is 2.54 bits per heavy atom. The molecule has 0 atom stereocenters. The molecule has 0 fully saturated rings. The number of benzene rings is 1. The summed E-state index contributed by atoms with van der Waals surface area (Å²) < 4.78 is 0. The van der Waals surface area contributed by atoms with Crippen LogP contribution < -0.4 is 16.0 Å². The van der Waals surface area contributed by atoms with Gasteiger partial charge in [0.2, 0.25) is 5.91 Å². The van der Waals surface area contributed by atoms with Crippen LogP contribution in [0.5, 0.6) is 0 Å². The average Bonchev–Trinajstić information content (AvgIpc) is 2.53. The zero-order chi connectivity index (χ0) is 19.1. The predicted molar refractivity (Wildman–Crippen MR) is 103 cm³/mol. The van der Waals surface area contributed by atoms with Gasteiger partial charge in [0.1, 0.15) is 17.3 Å². The number of aromatic nitrogens is 2. The second-order valence-corrected chi connectivity index (χ2v) is 6.51. The molecule has 0 saturated carbocycles. The van der Waals surface area contributed by atoms with E-state index in [2.05, 4.69) is 39.8 Å². The third-order valence-electron chi connectivity index (χ3n) is 3.53. The zero-order valence-electron chi connectivity index (χ0n) is 15.6. The summed E-state index contributed by atoms with van der Waals surface area (Å²) in [4.78, 5) is 32.0. The SMILES string of the molecule is CC(=O)Nc1cccc(Nc2cc(C(=O)NCCC(C)C)nc(C)n2)c1. The monoisotopic (exact) mass is 355 g/mol. The van der Waals surface area contributed by atoms with E-state index in [9.17, 15) is 9.59 Å². The number of hydrogen-bond donors (Lipinski definition) is 3. The van der Waals surface area contributed by atoms with Crippen molar-refractivity contribution in [2.45, 2.75) is 34.1 Å². The first-order valence-corrected chi connectivity index (χ1v) is 8.62. The van der Waals surface area contributed by atoms with E-state index in [4.69, 9.17) is 0 Å². The predicted octanol–water partition coefficient (Wildman–Crippen LogP) is 3.26. The van der Waals surface area contributed by atoms with Gasteiger partial charge in [-0.15, -0.1) is 0 Å². The minimum atomic E-state index is -0.216. The van der Waals surface area contributed by atoms with Crippen LogP contribution in [-0.4, -0.2) is 28.3 Å². The standard InChI is InChI=1S/C19H25N5O2/c1-12(2)8-9-20-19(26)17-11-18(22-13(3)21-17)24-16-7-5-6-15(10-16)23-14(4)25/h5-7,10-12H,8-9H2,1-4H3,(H,20,26)(H,23,25)(H,21,22,24). The Morgan fingerprint density at radius 1 is 1.12 bits per heavy atom. The van der Waals surface area contributed by atoms with E-state index in [0.717, 1.165) is 12.1 Å². The van der Waals surface area contributed by atoms with E-state index in [1.54, 1.807) is 25.1 Å². The third kappa shape index (κ3) is 6.16. The van der Waals surface area contributed by atoms with Gasteiger partial charge in [-0.25, -0.2) is 9.97 Å². The van der Waals surface area contributed by atoms with Crippen LogP contribution in [0.1, 0.15) is 43.5 Å². The van der Waals surface area contributed by atoms with Gasteiger partial charge in [-0.1, -0.05) is 19.9 Å². The smallest absolute Gasteiger partial charge is 0.270 e. The lowest BCUT2D eigenvalue weighted by Gasteiger charge is -2.11. The molecule has 0 aliphatic carbocycles. The molecule has 0 aliphatic heterocycles. The van der Waals surface area contributed by atoms with Crippen molar-refractivity contribution in [3.63, 3.8) is 0 Å². The Bertz CT molecular complexity index is 789. The topological polar surface area (TPSA) is 96.0 Å². The molecule has 2 amide bonds. The molecule has 0 bridgehead atoms. The number of nitrogens with zero attached hydrogens (tertiary/aromatic N) is 2. The molecule has 0 saturated heterocycles. The number of rotatable bonds is 7. The summed E-state index contributed by atoms with van der Waals surface area (Å²) in [5, 5.41) is 8.75. The number of amides is 2. The highest BCUT2D eigenvalue weighted by atomic mass is 16.2. The molecule has 1 aromatic carbocycles. The number of aryl methyl sites for hydroxylation is 1. The van der Waals surface area contributed by atoms with Crippen molar-refractivity contribution in [1.29, 1.82) is 0 Å². The van der Waals surface area contributed by atoms with Crippen molar-refractivity contribution in [2.24, 2.45) is 5.92 Å². The molecule has 0 radical (unpaired) electrons. The Labute approximate surface area is 153 Å². The van der Waals surface area contributed by atoms with E-state index < -0.39 is 0 Å².